The lowest BCUT2D eigenvalue weighted by Gasteiger charge is -2.32. The topological polar surface area (TPSA) is 91.4 Å². The number of hydrogen-bond donors (Lipinski definition) is 3. The molecule has 5 aromatic rings. The SMILES string of the molecule is ONC(O)c1ccc(Cn2ccc3cc(C4CCN(Cc5ccc(-n6ccnc6)cc5)CC4)cnc32)cc1. The highest BCUT2D eigenvalue weighted by Crippen LogP contribution is 2.30. The van der Waals surface area contributed by atoms with Crippen LogP contribution in [0.5, 0.6) is 0 Å². The summed E-state index contributed by atoms with van der Waals surface area (Å²) in [7, 11) is 0. The standard InChI is InChI=1S/C30H32N6O2/c37-30(33-38)25-5-1-23(2-6-25)20-35-15-11-26-17-27(18-32-29(26)35)24-9-13-34(14-10-24)19-22-3-7-28(8-4-22)36-16-12-31-21-36/h1-8,11-12,15-18,21,24,30,33,37-38H,9-10,13-14,19-20H2. The number of likely N-dealkylation sites (tertiary alicyclic amines) is 1. The van der Waals surface area contributed by atoms with Gasteiger partial charge in [0, 0.05) is 49.0 Å². The second-order valence-corrected chi connectivity index (χ2v) is 10.1. The second kappa shape index (κ2) is 10.9. The molecule has 0 saturated carbocycles. The van der Waals surface area contributed by atoms with Gasteiger partial charge in [-0.05, 0) is 78.4 Å². The Morgan fingerprint density at radius 2 is 1.66 bits per heavy atom. The Kier molecular flexibility index (Phi) is 7.02. The van der Waals surface area contributed by atoms with Gasteiger partial charge in [-0.2, -0.15) is 5.48 Å². The first-order chi connectivity index (χ1) is 18.7. The van der Waals surface area contributed by atoms with E-state index in [0.29, 0.717) is 18.0 Å². The fraction of sp³-hybridized carbons (Fsp3) is 0.267. The molecule has 38 heavy (non-hydrogen) atoms. The number of hydrogen-bond acceptors (Lipinski definition) is 6. The molecule has 3 aromatic heterocycles. The molecule has 1 fully saturated rings. The molecule has 2 aromatic carbocycles. The van der Waals surface area contributed by atoms with Crippen LogP contribution in [-0.2, 0) is 13.1 Å². The van der Waals surface area contributed by atoms with Crippen molar-refractivity contribution < 1.29 is 10.3 Å². The minimum absolute atomic E-state index is 0.536. The summed E-state index contributed by atoms with van der Waals surface area (Å²) >= 11 is 0. The highest BCUT2D eigenvalue weighted by Gasteiger charge is 2.21. The molecule has 1 aliphatic rings. The first-order valence-corrected chi connectivity index (χ1v) is 13.1. The summed E-state index contributed by atoms with van der Waals surface area (Å²) in [6.45, 7) is 3.85. The molecule has 0 aliphatic carbocycles. The number of piperidine rings is 1. The zero-order valence-electron chi connectivity index (χ0n) is 21.2. The molecule has 1 unspecified atom stereocenters. The molecule has 4 heterocycles. The van der Waals surface area contributed by atoms with Crippen molar-refractivity contribution in [3.8, 4) is 5.69 Å². The van der Waals surface area contributed by atoms with Crippen LogP contribution in [0.15, 0.2) is 91.8 Å². The van der Waals surface area contributed by atoms with Gasteiger partial charge in [0.2, 0.25) is 0 Å². The lowest BCUT2D eigenvalue weighted by molar-refractivity contribution is 0.000692. The van der Waals surface area contributed by atoms with Crippen LogP contribution in [0.2, 0.25) is 0 Å². The Balaban J connectivity index is 1.06. The molecule has 3 N–H and O–H groups in total. The summed E-state index contributed by atoms with van der Waals surface area (Å²) in [6.07, 6.45) is 10.9. The summed E-state index contributed by atoms with van der Waals surface area (Å²) in [5.41, 5.74) is 8.36. The van der Waals surface area contributed by atoms with Crippen LogP contribution in [0.4, 0.5) is 0 Å². The molecule has 0 radical (unpaired) electrons. The summed E-state index contributed by atoms with van der Waals surface area (Å²) in [6, 6.07) is 20.7. The monoisotopic (exact) mass is 508 g/mol. The van der Waals surface area contributed by atoms with E-state index in [4.69, 9.17) is 10.2 Å². The molecule has 1 aliphatic heterocycles. The highest BCUT2D eigenvalue weighted by molar-refractivity contribution is 5.77. The van der Waals surface area contributed by atoms with Gasteiger partial charge in [-0.15, -0.1) is 0 Å². The largest absolute Gasteiger partial charge is 0.372 e. The van der Waals surface area contributed by atoms with Gasteiger partial charge in [0.1, 0.15) is 5.65 Å². The van der Waals surface area contributed by atoms with Crippen molar-refractivity contribution in [2.24, 2.45) is 0 Å². The fourth-order valence-electron chi connectivity index (χ4n) is 5.39. The third-order valence-electron chi connectivity index (χ3n) is 7.60. The zero-order chi connectivity index (χ0) is 25.9. The maximum absolute atomic E-state index is 9.69. The first kappa shape index (κ1) is 24.5. The number of imidazole rings is 1. The number of rotatable bonds is 8. The smallest absolute Gasteiger partial charge is 0.152 e. The van der Waals surface area contributed by atoms with Crippen LogP contribution >= 0.6 is 0 Å². The summed E-state index contributed by atoms with van der Waals surface area (Å²) in [4.78, 5) is 11.5. The molecule has 0 amide bonds. The Morgan fingerprint density at radius 1 is 0.921 bits per heavy atom. The van der Waals surface area contributed by atoms with Crippen molar-refractivity contribution in [2.45, 2.75) is 38.1 Å². The van der Waals surface area contributed by atoms with Crippen molar-refractivity contribution in [3.05, 3.63) is 114 Å². The summed E-state index contributed by atoms with van der Waals surface area (Å²) in [5.74, 6) is 0.536. The quantitative estimate of drug-likeness (QED) is 0.209. The Labute approximate surface area is 221 Å². The lowest BCUT2D eigenvalue weighted by Crippen LogP contribution is -2.32. The minimum Gasteiger partial charge on any atom is -0.372 e. The number of benzene rings is 2. The predicted octanol–water partition coefficient (Wildman–Crippen LogP) is 4.62. The molecular weight excluding hydrogens is 476 g/mol. The molecule has 194 valence electrons. The second-order valence-electron chi connectivity index (χ2n) is 10.1. The maximum Gasteiger partial charge on any atom is 0.152 e. The summed E-state index contributed by atoms with van der Waals surface area (Å²) < 4.78 is 4.17. The maximum atomic E-state index is 9.69. The molecular formula is C30H32N6O2. The van der Waals surface area contributed by atoms with E-state index in [1.807, 2.05) is 46.8 Å². The van der Waals surface area contributed by atoms with Crippen LogP contribution in [0.3, 0.4) is 0 Å². The highest BCUT2D eigenvalue weighted by atomic mass is 16.5. The van der Waals surface area contributed by atoms with E-state index in [-0.39, 0.29) is 0 Å². The minimum atomic E-state index is -1.08. The van der Waals surface area contributed by atoms with Crippen LogP contribution in [0, 0.1) is 0 Å². The normalized spacial score (nSPS) is 15.7. The van der Waals surface area contributed by atoms with E-state index in [9.17, 15) is 5.11 Å². The van der Waals surface area contributed by atoms with Gasteiger partial charge >= 0.3 is 0 Å². The van der Waals surface area contributed by atoms with Crippen molar-refractivity contribution >= 4 is 11.0 Å². The van der Waals surface area contributed by atoms with E-state index >= 15 is 0 Å². The first-order valence-electron chi connectivity index (χ1n) is 13.1. The van der Waals surface area contributed by atoms with E-state index in [1.54, 1.807) is 6.20 Å². The van der Waals surface area contributed by atoms with Crippen LogP contribution in [0.25, 0.3) is 16.7 Å². The average Bonchev–Trinajstić information content (AvgIpc) is 3.64. The number of pyridine rings is 1. The third kappa shape index (κ3) is 5.25. The van der Waals surface area contributed by atoms with Crippen LogP contribution < -0.4 is 5.48 Å². The number of fused-ring (bicyclic) bond motifs is 1. The Bertz CT molecular complexity index is 1470. The predicted molar refractivity (Wildman–Crippen MR) is 146 cm³/mol. The number of aliphatic hydroxyl groups is 1. The molecule has 1 saturated heterocycles. The molecule has 0 spiro atoms. The average molecular weight is 509 g/mol. The number of aromatic nitrogens is 4. The van der Waals surface area contributed by atoms with E-state index in [1.165, 1.54) is 16.5 Å². The van der Waals surface area contributed by atoms with Crippen molar-refractivity contribution in [1.29, 1.82) is 0 Å². The number of nitrogens with zero attached hydrogens (tertiary/aromatic N) is 5. The van der Waals surface area contributed by atoms with E-state index in [2.05, 4.69) is 63.2 Å². The van der Waals surface area contributed by atoms with Crippen LogP contribution in [0.1, 0.15) is 47.2 Å². The lowest BCUT2D eigenvalue weighted by atomic mass is 9.90. The number of aliphatic hydroxyl groups excluding tert-OH is 1. The Morgan fingerprint density at radius 3 is 2.37 bits per heavy atom. The van der Waals surface area contributed by atoms with Gasteiger partial charge in [-0.3, -0.25) is 4.90 Å². The molecule has 8 nitrogen and oxygen atoms in total. The molecule has 6 rings (SSSR count). The van der Waals surface area contributed by atoms with Crippen molar-refractivity contribution in [1.82, 2.24) is 29.5 Å². The Hall–Kier alpha value is -3.82. The van der Waals surface area contributed by atoms with Gasteiger partial charge in [-0.25, -0.2) is 9.97 Å². The molecule has 1 atom stereocenters. The van der Waals surface area contributed by atoms with Crippen molar-refractivity contribution in [2.75, 3.05) is 13.1 Å². The molecule has 8 heteroatoms. The number of nitrogens with one attached hydrogen (secondary N) is 1. The van der Waals surface area contributed by atoms with Crippen molar-refractivity contribution in [3.63, 3.8) is 0 Å². The molecule has 0 bridgehead atoms. The van der Waals surface area contributed by atoms with Gasteiger partial charge in [0.15, 0.2) is 6.23 Å². The van der Waals surface area contributed by atoms with E-state index < -0.39 is 6.23 Å². The van der Waals surface area contributed by atoms with Gasteiger partial charge in [0.25, 0.3) is 0 Å². The van der Waals surface area contributed by atoms with E-state index in [0.717, 1.165) is 49.4 Å². The summed E-state index contributed by atoms with van der Waals surface area (Å²) in [5, 5.41) is 19.7. The fourth-order valence-corrected chi connectivity index (χ4v) is 5.39. The van der Waals surface area contributed by atoms with Gasteiger partial charge in [-0.1, -0.05) is 36.4 Å². The van der Waals surface area contributed by atoms with Crippen LogP contribution in [-0.4, -0.2) is 47.4 Å². The van der Waals surface area contributed by atoms with Gasteiger partial charge < -0.3 is 19.4 Å². The third-order valence-corrected chi connectivity index (χ3v) is 7.60. The zero-order valence-corrected chi connectivity index (χ0v) is 21.2. The van der Waals surface area contributed by atoms with Gasteiger partial charge in [0.05, 0.1) is 6.33 Å². The number of hydroxylamine groups is 1.